The molecular weight excluding hydrogens is 396 g/mol. The Morgan fingerprint density at radius 3 is 1.61 bits per heavy atom. The standard InChI is InChI=1S/C13H18O3.C12H16O3/c1-3-12(15-2)9-13(14)16-10-11-7-5-4-6-8-11;1-2-11(13)8-12(14)15-9-10-6-4-3-5-7-10/h4-8,12H,3,9-10H2,1-2H3;3-7,11,13H,2,8-9H2,1H3/t12-;11-/m11/s1. The zero-order chi connectivity index (χ0) is 22.9. The van der Waals surface area contributed by atoms with Crippen molar-refractivity contribution in [3.05, 3.63) is 71.8 Å². The molecule has 6 nitrogen and oxygen atoms in total. The molecule has 0 unspecified atom stereocenters. The van der Waals surface area contributed by atoms with E-state index in [0.717, 1.165) is 17.5 Å². The van der Waals surface area contributed by atoms with Gasteiger partial charge in [0.15, 0.2) is 0 Å². The minimum absolute atomic E-state index is 0.0386. The summed E-state index contributed by atoms with van der Waals surface area (Å²) < 4.78 is 15.3. The van der Waals surface area contributed by atoms with Gasteiger partial charge in [-0.05, 0) is 24.0 Å². The van der Waals surface area contributed by atoms with Crippen LogP contribution in [0.1, 0.15) is 50.7 Å². The van der Waals surface area contributed by atoms with E-state index in [0.29, 0.717) is 19.4 Å². The van der Waals surface area contributed by atoms with Crippen LogP contribution in [-0.4, -0.2) is 36.4 Å². The van der Waals surface area contributed by atoms with Gasteiger partial charge in [-0.1, -0.05) is 74.5 Å². The fraction of sp³-hybridized carbons (Fsp3) is 0.440. The molecule has 0 spiro atoms. The Bertz CT molecular complexity index is 728. The Morgan fingerprint density at radius 2 is 1.23 bits per heavy atom. The van der Waals surface area contributed by atoms with Crippen LogP contribution in [0.5, 0.6) is 0 Å². The molecule has 6 heteroatoms. The van der Waals surface area contributed by atoms with Crippen LogP contribution in [0, 0.1) is 0 Å². The predicted molar refractivity (Wildman–Crippen MR) is 119 cm³/mol. The summed E-state index contributed by atoms with van der Waals surface area (Å²) in [5.74, 6) is -0.564. The molecule has 0 bridgehead atoms. The Balaban J connectivity index is 0.000000311. The minimum Gasteiger partial charge on any atom is -0.461 e. The lowest BCUT2D eigenvalue weighted by Crippen LogP contribution is -2.17. The van der Waals surface area contributed by atoms with Crippen molar-refractivity contribution in [1.29, 1.82) is 0 Å². The van der Waals surface area contributed by atoms with Crippen molar-refractivity contribution < 1.29 is 28.9 Å². The van der Waals surface area contributed by atoms with E-state index in [1.807, 2.05) is 74.5 Å². The lowest BCUT2D eigenvalue weighted by atomic mass is 10.2. The zero-order valence-corrected chi connectivity index (χ0v) is 18.7. The second-order valence-corrected chi connectivity index (χ2v) is 7.03. The summed E-state index contributed by atoms with van der Waals surface area (Å²) in [5, 5.41) is 9.22. The third-order valence-electron chi connectivity index (χ3n) is 4.54. The molecule has 0 fully saturated rings. The van der Waals surface area contributed by atoms with Crippen molar-refractivity contribution in [2.24, 2.45) is 0 Å². The molecule has 0 radical (unpaired) electrons. The summed E-state index contributed by atoms with van der Waals surface area (Å²) in [7, 11) is 1.61. The summed E-state index contributed by atoms with van der Waals surface area (Å²) in [5.41, 5.74) is 1.96. The topological polar surface area (TPSA) is 82.1 Å². The Kier molecular flexibility index (Phi) is 13.6. The number of esters is 2. The molecule has 0 heterocycles. The molecule has 0 saturated heterocycles. The molecule has 0 amide bonds. The summed E-state index contributed by atoms with van der Waals surface area (Å²) in [4.78, 5) is 22.6. The van der Waals surface area contributed by atoms with Gasteiger partial charge in [-0.3, -0.25) is 9.59 Å². The largest absolute Gasteiger partial charge is 0.461 e. The van der Waals surface area contributed by atoms with E-state index in [1.54, 1.807) is 7.11 Å². The fourth-order valence-corrected chi connectivity index (χ4v) is 2.51. The first-order valence-corrected chi connectivity index (χ1v) is 10.6. The monoisotopic (exact) mass is 430 g/mol. The van der Waals surface area contributed by atoms with E-state index in [4.69, 9.17) is 14.2 Å². The molecule has 0 aromatic heterocycles. The van der Waals surface area contributed by atoms with Gasteiger partial charge in [0.25, 0.3) is 0 Å². The number of aliphatic hydroxyl groups excluding tert-OH is 1. The highest BCUT2D eigenvalue weighted by molar-refractivity contribution is 5.70. The lowest BCUT2D eigenvalue weighted by Gasteiger charge is -2.12. The Labute approximate surface area is 185 Å². The van der Waals surface area contributed by atoms with Crippen molar-refractivity contribution in [3.8, 4) is 0 Å². The normalized spacial score (nSPS) is 12.1. The molecule has 0 saturated carbocycles. The number of hydrogen-bond donors (Lipinski definition) is 1. The number of ether oxygens (including phenoxy) is 3. The maximum absolute atomic E-state index is 11.4. The third kappa shape index (κ3) is 12.6. The average molecular weight is 431 g/mol. The summed E-state index contributed by atoms with van der Waals surface area (Å²) >= 11 is 0. The smallest absolute Gasteiger partial charge is 0.308 e. The van der Waals surface area contributed by atoms with Gasteiger partial charge in [0.1, 0.15) is 13.2 Å². The first-order valence-electron chi connectivity index (χ1n) is 10.6. The van der Waals surface area contributed by atoms with Gasteiger partial charge in [-0.15, -0.1) is 0 Å². The molecule has 2 atom stereocenters. The fourth-order valence-electron chi connectivity index (χ4n) is 2.51. The van der Waals surface area contributed by atoms with Gasteiger partial charge in [0.2, 0.25) is 0 Å². The maximum Gasteiger partial charge on any atom is 0.308 e. The molecular formula is C25H34O6. The van der Waals surface area contributed by atoms with Crippen molar-refractivity contribution in [3.63, 3.8) is 0 Å². The summed E-state index contributed by atoms with van der Waals surface area (Å²) in [6.07, 6.45) is 1.15. The van der Waals surface area contributed by atoms with Crippen LogP contribution in [0.4, 0.5) is 0 Å². The first kappa shape index (κ1) is 26.3. The zero-order valence-electron chi connectivity index (χ0n) is 18.7. The predicted octanol–water partition coefficient (Wildman–Crippen LogP) is 4.44. The third-order valence-corrected chi connectivity index (χ3v) is 4.54. The molecule has 2 aromatic carbocycles. The van der Waals surface area contributed by atoms with Crippen LogP contribution in [0.25, 0.3) is 0 Å². The van der Waals surface area contributed by atoms with Gasteiger partial charge in [0, 0.05) is 7.11 Å². The maximum atomic E-state index is 11.4. The Hall–Kier alpha value is -2.70. The van der Waals surface area contributed by atoms with E-state index in [9.17, 15) is 14.7 Å². The SMILES string of the molecule is CC[C@@H](O)CC(=O)OCc1ccccc1.CC[C@H](CC(=O)OCc1ccccc1)OC. The second-order valence-electron chi connectivity index (χ2n) is 7.03. The molecule has 2 aromatic rings. The molecule has 0 aliphatic rings. The van der Waals surface area contributed by atoms with E-state index < -0.39 is 6.10 Å². The molecule has 0 aliphatic carbocycles. The summed E-state index contributed by atoms with van der Waals surface area (Å²) in [6, 6.07) is 19.1. The van der Waals surface area contributed by atoms with Crippen LogP contribution >= 0.6 is 0 Å². The van der Waals surface area contributed by atoms with Gasteiger partial charge in [-0.25, -0.2) is 0 Å². The number of methoxy groups -OCH3 is 1. The second kappa shape index (κ2) is 16.1. The van der Waals surface area contributed by atoms with Gasteiger partial charge < -0.3 is 19.3 Å². The quantitative estimate of drug-likeness (QED) is 0.531. The highest BCUT2D eigenvalue weighted by atomic mass is 16.5. The number of hydrogen-bond acceptors (Lipinski definition) is 6. The minimum atomic E-state index is -0.590. The van der Waals surface area contributed by atoms with Gasteiger partial charge in [0.05, 0.1) is 25.0 Å². The van der Waals surface area contributed by atoms with E-state index in [2.05, 4.69) is 0 Å². The molecule has 1 N–H and O–H groups in total. The molecule has 31 heavy (non-hydrogen) atoms. The van der Waals surface area contributed by atoms with Crippen molar-refractivity contribution in [1.82, 2.24) is 0 Å². The van der Waals surface area contributed by atoms with Crippen molar-refractivity contribution >= 4 is 11.9 Å². The van der Waals surface area contributed by atoms with Gasteiger partial charge >= 0.3 is 11.9 Å². The number of carbonyl (C=O) groups is 2. The van der Waals surface area contributed by atoms with Crippen LogP contribution in [0.3, 0.4) is 0 Å². The molecule has 0 aliphatic heterocycles. The first-order chi connectivity index (χ1) is 15.0. The van der Waals surface area contributed by atoms with E-state index in [-0.39, 0.29) is 31.1 Å². The van der Waals surface area contributed by atoms with Crippen molar-refractivity contribution in [2.45, 2.75) is 65.0 Å². The van der Waals surface area contributed by atoms with E-state index in [1.165, 1.54) is 0 Å². The highest BCUT2D eigenvalue weighted by Gasteiger charge is 2.12. The average Bonchev–Trinajstić information content (AvgIpc) is 2.81. The molecule has 2 rings (SSSR count). The summed E-state index contributed by atoms with van der Waals surface area (Å²) in [6.45, 7) is 4.42. The van der Waals surface area contributed by atoms with Crippen LogP contribution < -0.4 is 0 Å². The Morgan fingerprint density at radius 1 is 0.774 bits per heavy atom. The van der Waals surface area contributed by atoms with Crippen molar-refractivity contribution in [2.75, 3.05) is 7.11 Å². The number of rotatable bonds is 11. The highest BCUT2D eigenvalue weighted by Crippen LogP contribution is 2.07. The number of carbonyl (C=O) groups excluding carboxylic acids is 2. The van der Waals surface area contributed by atoms with E-state index >= 15 is 0 Å². The van der Waals surface area contributed by atoms with Crippen LogP contribution in [-0.2, 0) is 37.0 Å². The number of aliphatic hydroxyl groups is 1. The number of benzene rings is 2. The van der Waals surface area contributed by atoms with Crippen LogP contribution in [0.15, 0.2) is 60.7 Å². The lowest BCUT2D eigenvalue weighted by molar-refractivity contribution is -0.148. The van der Waals surface area contributed by atoms with Crippen LogP contribution in [0.2, 0.25) is 0 Å². The molecule has 170 valence electrons. The van der Waals surface area contributed by atoms with Gasteiger partial charge in [-0.2, -0.15) is 0 Å².